The fourth-order valence-corrected chi connectivity index (χ4v) is 3.69. The Balaban J connectivity index is 1.79. The van der Waals surface area contributed by atoms with Crippen molar-refractivity contribution in [3.8, 4) is 11.5 Å². The molecule has 0 heterocycles. The number of carbonyl (C=O) groups is 2. The summed E-state index contributed by atoms with van der Waals surface area (Å²) in [4.78, 5) is 24.4. The molecule has 0 spiro atoms. The molecule has 31 heavy (non-hydrogen) atoms. The number of aryl methyl sites for hydroxylation is 2. The molecule has 3 aromatic carbocycles. The second kappa shape index (κ2) is 8.76. The van der Waals surface area contributed by atoms with Crippen LogP contribution in [0.25, 0.3) is 0 Å². The zero-order valence-corrected chi connectivity index (χ0v) is 18.9. The number of rotatable bonds is 6. The van der Waals surface area contributed by atoms with E-state index >= 15 is 0 Å². The molecule has 0 aliphatic rings. The normalized spacial score (nSPS) is 11.2. The van der Waals surface area contributed by atoms with E-state index in [0.717, 1.165) is 28.0 Å². The van der Waals surface area contributed by atoms with Crippen molar-refractivity contribution in [1.82, 2.24) is 0 Å². The van der Waals surface area contributed by atoms with Crippen molar-refractivity contribution in [3.05, 3.63) is 94.0 Å². The maximum absolute atomic E-state index is 12.7. The molecule has 0 fully saturated rings. The molecule has 3 rings (SSSR count). The SMILES string of the molecule is COc1ccc(C(C)(C)c2ccc(OC(=O)c3cc(C)c(C(C)=O)cc3C)cc2)cc1. The molecule has 0 saturated heterocycles. The highest BCUT2D eigenvalue weighted by atomic mass is 16.5. The lowest BCUT2D eigenvalue weighted by Gasteiger charge is -2.26. The smallest absolute Gasteiger partial charge is 0.343 e. The molecule has 3 aromatic rings. The van der Waals surface area contributed by atoms with Crippen molar-refractivity contribution in [1.29, 1.82) is 0 Å². The summed E-state index contributed by atoms with van der Waals surface area (Å²) in [6, 6.07) is 19.1. The van der Waals surface area contributed by atoms with Crippen LogP contribution in [0.5, 0.6) is 11.5 Å². The van der Waals surface area contributed by atoms with Gasteiger partial charge in [-0.2, -0.15) is 0 Å². The lowest BCUT2D eigenvalue weighted by Crippen LogP contribution is -2.19. The van der Waals surface area contributed by atoms with E-state index < -0.39 is 5.97 Å². The largest absolute Gasteiger partial charge is 0.497 e. The minimum atomic E-state index is -0.433. The third kappa shape index (κ3) is 4.69. The summed E-state index contributed by atoms with van der Waals surface area (Å²) in [6.45, 7) is 9.46. The van der Waals surface area contributed by atoms with Crippen molar-refractivity contribution < 1.29 is 19.1 Å². The van der Waals surface area contributed by atoms with E-state index in [1.54, 1.807) is 19.2 Å². The highest BCUT2D eigenvalue weighted by Gasteiger charge is 2.23. The summed E-state index contributed by atoms with van der Waals surface area (Å²) in [5.74, 6) is 0.851. The number of Topliss-reactive ketones (excluding diaryl/α,β-unsaturated/α-hetero) is 1. The molecule has 0 unspecified atom stereocenters. The lowest BCUT2D eigenvalue weighted by molar-refractivity contribution is 0.0733. The molecule has 160 valence electrons. The Morgan fingerprint density at radius 2 is 1.19 bits per heavy atom. The van der Waals surface area contributed by atoms with Crippen LogP contribution in [0.4, 0.5) is 0 Å². The molecule has 0 radical (unpaired) electrons. The van der Waals surface area contributed by atoms with Gasteiger partial charge in [0, 0.05) is 11.0 Å². The lowest BCUT2D eigenvalue weighted by atomic mass is 9.78. The van der Waals surface area contributed by atoms with Crippen LogP contribution < -0.4 is 9.47 Å². The molecule has 0 saturated carbocycles. The Morgan fingerprint density at radius 1 is 0.742 bits per heavy atom. The van der Waals surface area contributed by atoms with Crippen LogP contribution in [0.3, 0.4) is 0 Å². The Labute approximate surface area is 183 Å². The summed E-state index contributed by atoms with van der Waals surface area (Å²) >= 11 is 0. The number of hydrogen-bond donors (Lipinski definition) is 0. The number of ketones is 1. The van der Waals surface area contributed by atoms with Crippen LogP contribution in [0.1, 0.15) is 63.7 Å². The van der Waals surface area contributed by atoms with E-state index in [1.165, 1.54) is 6.92 Å². The first-order chi connectivity index (χ1) is 14.6. The number of ether oxygens (including phenoxy) is 2. The summed E-state index contributed by atoms with van der Waals surface area (Å²) in [5.41, 5.74) is 4.62. The summed E-state index contributed by atoms with van der Waals surface area (Å²) in [7, 11) is 1.65. The van der Waals surface area contributed by atoms with Gasteiger partial charge < -0.3 is 9.47 Å². The summed E-state index contributed by atoms with van der Waals surface area (Å²) in [5, 5.41) is 0. The van der Waals surface area contributed by atoms with Gasteiger partial charge in [0.25, 0.3) is 0 Å². The monoisotopic (exact) mass is 416 g/mol. The summed E-state index contributed by atoms with van der Waals surface area (Å²) in [6.07, 6.45) is 0. The van der Waals surface area contributed by atoms with Crippen LogP contribution >= 0.6 is 0 Å². The Hall–Kier alpha value is -3.40. The molecule has 0 aliphatic heterocycles. The van der Waals surface area contributed by atoms with Crippen molar-refractivity contribution in [2.24, 2.45) is 0 Å². The fourth-order valence-electron chi connectivity index (χ4n) is 3.69. The summed E-state index contributed by atoms with van der Waals surface area (Å²) < 4.78 is 10.8. The maximum Gasteiger partial charge on any atom is 0.343 e. The van der Waals surface area contributed by atoms with Crippen LogP contribution in [-0.2, 0) is 5.41 Å². The number of benzene rings is 3. The van der Waals surface area contributed by atoms with Gasteiger partial charge in [0.15, 0.2) is 5.78 Å². The quantitative estimate of drug-likeness (QED) is 0.278. The van der Waals surface area contributed by atoms with Crippen molar-refractivity contribution in [2.75, 3.05) is 7.11 Å². The average Bonchev–Trinajstić information content (AvgIpc) is 2.75. The minimum Gasteiger partial charge on any atom is -0.497 e. The molecular formula is C27H28O4. The predicted octanol–water partition coefficient (Wildman–Crippen LogP) is 6.06. The van der Waals surface area contributed by atoms with Gasteiger partial charge in [-0.05, 0) is 79.4 Å². The van der Waals surface area contributed by atoms with Gasteiger partial charge in [-0.25, -0.2) is 4.79 Å². The van der Waals surface area contributed by atoms with E-state index in [4.69, 9.17) is 9.47 Å². The van der Waals surface area contributed by atoms with Gasteiger partial charge in [-0.1, -0.05) is 38.1 Å². The van der Waals surface area contributed by atoms with Gasteiger partial charge in [0.05, 0.1) is 12.7 Å². The second-order valence-corrected chi connectivity index (χ2v) is 8.31. The van der Waals surface area contributed by atoms with Crippen LogP contribution in [0.15, 0.2) is 60.7 Å². The first-order valence-electron chi connectivity index (χ1n) is 10.2. The first kappa shape index (κ1) is 22.3. The average molecular weight is 417 g/mol. The minimum absolute atomic E-state index is 0.0180. The van der Waals surface area contributed by atoms with Crippen molar-refractivity contribution in [3.63, 3.8) is 0 Å². The van der Waals surface area contributed by atoms with Crippen LogP contribution in [-0.4, -0.2) is 18.9 Å². The van der Waals surface area contributed by atoms with Gasteiger partial charge in [-0.15, -0.1) is 0 Å². The Morgan fingerprint density at radius 3 is 1.68 bits per heavy atom. The molecule has 4 nitrogen and oxygen atoms in total. The van der Waals surface area contributed by atoms with Crippen LogP contribution in [0.2, 0.25) is 0 Å². The molecule has 0 atom stereocenters. The Bertz CT molecular complexity index is 1110. The van der Waals surface area contributed by atoms with Crippen molar-refractivity contribution in [2.45, 2.75) is 40.0 Å². The highest BCUT2D eigenvalue weighted by Crippen LogP contribution is 2.33. The molecule has 0 amide bonds. The van der Waals surface area contributed by atoms with E-state index in [2.05, 4.69) is 26.0 Å². The molecule has 0 N–H and O–H groups in total. The van der Waals surface area contributed by atoms with Crippen LogP contribution in [0, 0.1) is 13.8 Å². The van der Waals surface area contributed by atoms with Crippen molar-refractivity contribution >= 4 is 11.8 Å². The topological polar surface area (TPSA) is 52.6 Å². The van der Waals surface area contributed by atoms with E-state index in [0.29, 0.717) is 16.9 Å². The van der Waals surface area contributed by atoms with E-state index in [1.807, 2.05) is 50.2 Å². The zero-order chi connectivity index (χ0) is 22.8. The fraction of sp³-hybridized carbons (Fsp3) is 0.259. The number of esters is 1. The van der Waals surface area contributed by atoms with Gasteiger partial charge in [-0.3, -0.25) is 4.79 Å². The second-order valence-electron chi connectivity index (χ2n) is 8.31. The van der Waals surface area contributed by atoms with E-state index in [9.17, 15) is 9.59 Å². The third-order valence-electron chi connectivity index (χ3n) is 5.77. The molecule has 0 aromatic heterocycles. The molecule has 0 bridgehead atoms. The number of methoxy groups -OCH3 is 1. The highest BCUT2D eigenvalue weighted by molar-refractivity contribution is 5.99. The molecular weight excluding hydrogens is 388 g/mol. The number of carbonyl (C=O) groups excluding carboxylic acids is 2. The van der Waals surface area contributed by atoms with E-state index in [-0.39, 0.29) is 11.2 Å². The number of hydrogen-bond acceptors (Lipinski definition) is 4. The molecule has 4 heteroatoms. The van der Waals surface area contributed by atoms with Gasteiger partial charge >= 0.3 is 5.97 Å². The van der Waals surface area contributed by atoms with Gasteiger partial charge in [0.2, 0.25) is 0 Å². The zero-order valence-electron chi connectivity index (χ0n) is 18.9. The molecule has 0 aliphatic carbocycles. The first-order valence-corrected chi connectivity index (χ1v) is 10.2. The Kier molecular flexibility index (Phi) is 6.30. The maximum atomic E-state index is 12.7. The van der Waals surface area contributed by atoms with Gasteiger partial charge in [0.1, 0.15) is 11.5 Å². The standard InChI is InChI=1S/C27H28O4/c1-17-16-25(18(2)15-24(17)19(3)28)26(29)31-23-13-9-21(10-14-23)27(4,5)20-7-11-22(30-6)12-8-20/h7-16H,1-6H3. The third-order valence-corrected chi connectivity index (χ3v) is 5.77. The predicted molar refractivity (Wildman–Crippen MR) is 122 cm³/mol.